The molecule has 2 fully saturated rings. The second kappa shape index (κ2) is 9.05. The average Bonchev–Trinajstić information content (AvgIpc) is 3.21. The smallest absolute Gasteiger partial charge is 0.327 e. The second-order valence-corrected chi connectivity index (χ2v) is 7.99. The Morgan fingerprint density at radius 1 is 1.19 bits per heavy atom. The van der Waals surface area contributed by atoms with Crippen molar-refractivity contribution in [1.29, 1.82) is 0 Å². The van der Waals surface area contributed by atoms with E-state index in [-0.39, 0.29) is 24.9 Å². The van der Waals surface area contributed by atoms with Crippen LogP contribution in [0.15, 0.2) is 30.3 Å². The van der Waals surface area contributed by atoms with Crippen molar-refractivity contribution in [2.75, 3.05) is 33.8 Å². The highest BCUT2D eigenvalue weighted by atomic mass is 16.5. The summed E-state index contributed by atoms with van der Waals surface area (Å²) in [6, 6.07) is 8.48. The molecule has 4 atom stereocenters. The lowest BCUT2D eigenvalue weighted by Crippen LogP contribution is -2.60. The molecule has 0 aliphatic carbocycles. The van der Waals surface area contributed by atoms with Gasteiger partial charge in [-0.05, 0) is 19.4 Å². The van der Waals surface area contributed by atoms with Crippen LogP contribution < -0.4 is 10.6 Å². The summed E-state index contributed by atoms with van der Waals surface area (Å²) in [7, 11) is 2.71. The van der Waals surface area contributed by atoms with E-state index in [9.17, 15) is 19.2 Å². The Labute approximate surface area is 182 Å². The minimum absolute atomic E-state index is 0.184. The first-order chi connectivity index (χ1) is 14.8. The van der Waals surface area contributed by atoms with Crippen molar-refractivity contribution in [2.24, 2.45) is 11.8 Å². The molecule has 0 radical (unpaired) electrons. The largest absolute Gasteiger partial charge is 0.468 e. The standard InChI is InChI=1S/C22H30N4O5/c1-5-23-21(30)26(6-2)13-15-16-17(19(28)25(3)18(16)27)22(24-15,20(29)31-4)12-14-10-8-7-9-11-14/h7-11,15-17,24H,5-6,12-13H2,1-4H3,(H,23,30)/t15-,16+,17-,22-/m1/s1. The summed E-state index contributed by atoms with van der Waals surface area (Å²) in [5.41, 5.74) is -0.561. The predicted octanol–water partition coefficient (Wildman–Crippen LogP) is 0.395. The summed E-state index contributed by atoms with van der Waals surface area (Å²) in [5.74, 6) is -3.02. The topological polar surface area (TPSA) is 108 Å². The van der Waals surface area contributed by atoms with Crippen molar-refractivity contribution in [1.82, 2.24) is 20.4 Å². The molecule has 0 unspecified atom stereocenters. The molecule has 0 bridgehead atoms. The minimum Gasteiger partial charge on any atom is -0.468 e. The molecule has 1 aromatic carbocycles. The van der Waals surface area contributed by atoms with E-state index in [1.807, 2.05) is 44.2 Å². The number of nitrogens with zero attached hydrogens (tertiary/aromatic N) is 2. The van der Waals surface area contributed by atoms with Crippen LogP contribution in [0.25, 0.3) is 0 Å². The van der Waals surface area contributed by atoms with Gasteiger partial charge in [0.2, 0.25) is 11.8 Å². The molecule has 0 saturated carbocycles. The van der Waals surface area contributed by atoms with Gasteiger partial charge in [-0.3, -0.25) is 24.6 Å². The van der Waals surface area contributed by atoms with Crippen molar-refractivity contribution >= 4 is 23.8 Å². The number of rotatable bonds is 7. The first-order valence-electron chi connectivity index (χ1n) is 10.5. The third kappa shape index (κ3) is 3.89. The third-order valence-electron chi connectivity index (χ3n) is 6.27. The van der Waals surface area contributed by atoms with Gasteiger partial charge in [0.15, 0.2) is 0 Å². The Hall–Kier alpha value is -2.94. The summed E-state index contributed by atoms with van der Waals surface area (Å²) >= 11 is 0. The highest BCUT2D eigenvalue weighted by molar-refractivity contribution is 6.09. The summed E-state index contributed by atoms with van der Waals surface area (Å²) in [6.45, 7) is 4.74. The Morgan fingerprint density at radius 2 is 1.87 bits per heavy atom. The fraction of sp³-hybridized carbons (Fsp3) is 0.545. The highest BCUT2D eigenvalue weighted by Gasteiger charge is 2.68. The van der Waals surface area contributed by atoms with Gasteiger partial charge in [0.05, 0.1) is 18.9 Å². The first kappa shape index (κ1) is 22.7. The SMILES string of the molecule is CCNC(=O)N(CC)C[C@H]1N[C@@](Cc2ccccc2)(C(=O)OC)[C@H]2C(=O)N(C)C(=O)[C@@H]12. The van der Waals surface area contributed by atoms with Gasteiger partial charge < -0.3 is 15.0 Å². The maximum absolute atomic E-state index is 13.1. The Kier molecular flexibility index (Phi) is 6.64. The third-order valence-corrected chi connectivity index (χ3v) is 6.27. The molecule has 9 nitrogen and oxygen atoms in total. The molecular weight excluding hydrogens is 400 g/mol. The van der Waals surface area contributed by atoms with Crippen molar-refractivity contribution in [3.8, 4) is 0 Å². The molecule has 168 valence electrons. The maximum atomic E-state index is 13.1. The van der Waals surface area contributed by atoms with E-state index in [0.717, 1.165) is 10.5 Å². The van der Waals surface area contributed by atoms with E-state index < -0.39 is 35.3 Å². The number of carbonyl (C=O) groups is 4. The number of urea groups is 1. The van der Waals surface area contributed by atoms with Crippen LogP contribution in [0.1, 0.15) is 19.4 Å². The van der Waals surface area contributed by atoms with E-state index >= 15 is 0 Å². The number of hydrogen-bond acceptors (Lipinski definition) is 6. The molecule has 2 saturated heterocycles. The van der Waals surface area contributed by atoms with Crippen molar-refractivity contribution in [3.63, 3.8) is 0 Å². The van der Waals surface area contributed by atoms with Crippen LogP contribution in [-0.2, 0) is 25.5 Å². The number of nitrogens with one attached hydrogen (secondary N) is 2. The number of fused-ring (bicyclic) bond motifs is 1. The fourth-order valence-electron chi connectivity index (χ4n) is 4.80. The van der Waals surface area contributed by atoms with Gasteiger partial charge in [-0.25, -0.2) is 4.79 Å². The number of likely N-dealkylation sites (N-methyl/N-ethyl adjacent to an activating group) is 1. The lowest BCUT2D eigenvalue weighted by atomic mass is 9.76. The Morgan fingerprint density at radius 3 is 2.45 bits per heavy atom. The first-order valence-corrected chi connectivity index (χ1v) is 10.5. The van der Waals surface area contributed by atoms with Crippen LogP contribution in [0, 0.1) is 11.8 Å². The van der Waals surface area contributed by atoms with Crippen molar-refractivity contribution in [2.45, 2.75) is 31.8 Å². The van der Waals surface area contributed by atoms with Crippen LogP contribution in [-0.4, -0.2) is 79.0 Å². The molecule has 0 spiro atoms. The van der Waals surface area contributed by atoms with Crippen LogP contribution in [0.3, 0.4) is 0 Å². The number of esters is 1. The van der Waals surface area contributed by atoms with Gasteiger partial charge >= 0.3 is 12.0 Å². The number of amides is 4. The molecule has 2 aliphatic heterocycles. The summed E-state index contributed by atoms with van der Waals surface area (Å²) in [5, 5.41) is 6.04. The number of likely N-dealkylation sites (tertiary alicyclic amines) is 1. The quantitative estimate of drug-likeness (QED) is 0.479. The number of methoxy groups -OCH3 is 1. The van der Waals surface area contributed by atoms with Gasteiger partial charge in [-0.15, -0.1) is 0 Å². The van der Waals surface area contributed by atoms with Gasteiger partial charge in [0.1, 0.15) is 5.54 Å². The van der Waals surface area contributed by atoms with E-state index in [2.05, 4.69) is 10.6 Å². The fourth-order valence-corrected chi connectivity index (χ4v) is 4.80. The molecular formula is C22H30N4O5. The summed E-state index contributed by atoms with van der Waals surface area (Å²) in [4.78, 5) is 54.4. The molecule has 2 heterocycles. The molecule has 31 heavy (non-hydrogen) atoms. The lowest BCUT2D eigenvalue weighted by molar-refractivity contribution is -0.153. The van der Waals surface area contributed by atoms with Crippen LogP contribution in [0.2, 0.25) is 0 Å². The molecule has 9 heteroatoms. The zero-order chi connectivity index (χ0) is 22.8. The van der Waals surface area contributed by atoms with Gasteiger partial charge in [0, 0.05) is 39.1 Å². The number of hydrogen-bond donors (Lipinski definition) is 2. The summed E-state index contributed by atoms with van der Waals surface area (Å²) in [6.07, 6.45) is 0.193. The molecule has 2 N–H and O–H groups in total. The second-order valence-electron chi connectivity index (χ2n) is 7.99. The molecule has 4 amide bonds. The normalized spacial score (nSPS) is 27.2. The molecule has 0 aromatic heterocycles. The van der Waals surface area contributed by atoms with Crippen LogP contribution in [0.4, 0.5) is 4.79 Å². The van der Waals surface area contributed by atoms with Crippen LogP contribution >= 0.6 is 0 Å². The number of carbonyl (C=O) groups excluding carboxylic acids is 4. The number of imide groups is 1. The van der Waals surface area contributed by atoms with E-state index in [1.165, 1.54) is 14.2 Å². The van der Waals surface area contributed by atoms with E-state index in [1.54, 1.807) is 4.90 Å². The van der Waals surface area contributed by atoms with Gasteiger partial charge in [-0.2, -0.15) is 0 Å². The van der Waals surface area contributed by atoms with E-state index in [0.29, 0.717) is 13.1 Å². The lowest BCUT2D eigenvalue weighted by Gasteiger charge is -2.33. The average molecular weight is 431 g/mol. The van der Waals surface area contributed by atoms with Crippen molar-refractivity contribution < 1.29 is 23.9 Å². The monoisotopic (exact) mass is 430 g/mol. The van der Waals surface area contributed by atoms with Crippen LogP contribution in [0.5, 0.6) is 0 Å². The molecule has 1 aromatic rings. The number of benzene rings is 1. The van der Waals surface area contributed by atoms with Crippen molar-refractivity contribution in [3.05, 3.63) is 35.9 Å². The zero-order valence-corrected chi connectivity index (χ0v) is 18.4. The maximum Gasteiger partial charge on any atom is 0.327 e. The van der Waals surface area contributed by atoms with E-state index in [4.69, 9.17) is 4.74 Å². The number of ether oxygens (including phenoxy) is 1. The Bertz CT molecular complexity index is 861. The van der Waals surface area contributed by atoms with Gasteiger partial charge in [0.25, 0.3) is 0 Å². The summed E-state index contributed by atoms with van der Waals surface area (Å²) < 4.78 is 5.13. The predicted molar refractivity (Wildman–Crippen MR) is 113 cm³/mol. The minimum atomic E-state index is -1.40. The Balaban J connectivity index is 2.03. The molecule has 3 rings (SSSR count). The van der Waals surface area contributed by atoms with Gasteiger partial charge in [-0.1, -0.05) is 30.3 Å². The molecule has 2 aliphatic rings. The highest BCUT2D eigenvalue weighted by Crippen LogP contribution is 2.44. The zero-order valence-electron chi connectivity index (χ0n) is 18.4.